The quantitative estimate of drug-likeness (QED) is 0.382. The van der Waals surface area contributed by atoms with Crippen LogP contribution >= 0.6 is 0 Å². The molecule has 0 aliphatic carbocycles. The molecule has 4 nitrogen and oxygen atoms in total. The molecule has 0 bridgehead atoms. The molecule has 0 rings (SSSR count). The zero-order valence-corrected chi connectivity index (χ0v) is 11.0. The van der Waals surface area contributed by atoms with Crippen LogP contribution in [-0.2, 0) is 18.4 Å². The Morgan fingerprint density at radius 2 is 1.87 bits per heavy atom. The molecule has 0 aromatic heterocycles. The molecule has 0 N–H and O–H groups in total. The summed E-state index contributed by atoms with van der Waals surface area (Å²) in [7, 11) is 0.905. The highest BCUT2D eigenvalue weighted by Gasteiger charge is 2.31. The van der Waals surface area contributed by atoms with Gasteiger partial charge in [-0.2, -0.15) is 0 Å². The van der Waals surface area contributed by atoms with E-state index in [0.717, 1.165) is 6.42 Å². The SMILES string of the molecule is C=C(C[Si](C)(OC)OC)C(=O)OCCC. The lowest BCUT2D eigenvalue weighted by Crippen LogP contribution is -2.37. The first-order valence-electron chi connectivity index (χ1n) is 4.94. The minimum absolute atomic E-state index is 0.357. The van der Waals surface area contributed by atoms with Gasteiger partial charge in [0.15, 0.2) is 0 Å². The zero-order chi connectivity index (χ0) is 11.9. The first-order chi connectivity index (χ1) is 6.99. The zero-order valence-electron chi connectivity index (χ0n) is 9.96. The molecule has 0 atom stereocenters. The number of carbonyl (C=O) groups excluding carboxylic acids is 1. The smallest absolute Gasteiger partial charge is 0.339 e. The van der Waals surface area contributed by atoms with E-state index in [-0.39, 0.29) is 5.97 Å². The van der Waals surface area contributed by atoms with Crippen LogP contribution in [0.15, 0.2) is 12.2 Å². The molecule has 0 aliphatic rings. The third kappa shape index (κ3) is 5.11. The van der Waals surface area contributed by atoms with Gasteiger partial charge in [0.2, 0.25) is 0 Å². The molecule has 0 aromatic carbocycles. The van der Waals surface area contributed by atoms with E-state index < -0.39 is 8.56 Å². The number of rotatable bonds is 7. The van der Waals surface area contributed by atoms with Crippen LogP contribution in [0, 0.1) is 0 Å². The summed E-state index contributed by atoms with van der Waals surface area (Å²) in [6, 6.07) is 0.433. The molecular weight excluding hydrogens is 212 g/mol. The van der Waals surface area contributed by atoms with Crippen LogP contribution in [0.2, 0.25) is 12.6 Å². The Kier molecular flexibility index (Phi) is 6.47. The van der Waals surface area contributed by atoms with Gasteiger partial charge in [-0.15, -0.1) is 0 Å². The van der Waals surface area contributed by atoms with E-state index >= 15 is 0 Å². The van der Waals surface area contributed by atoms with Crippen LogP contribution in [0.4, 0.5) is 0 Å². The first-order valence-corrected chi connectivity index (χ1v) is 7.46. The van der Waals surface area contributed by atoms with Crippen molar-refractivity contribution in [1.29, 1.82) is 0 Å². The summed E-state index contributed by atoms with van der Waals surface area (Å²) in [4.78, 5) is 11.4. The summed E-state index contributed by atoms with van der Waals surface area (Å²) >= 11 is 0. The van der Waals surface area contributed by atoms with E-state index in [9.17, 15) is 4.79 Å². The predicted octanol–water partition coefficient (Wildman–Crippen LogP) is 1.86. The van der Waals surface area contributed by atoms with E-state index in [4.69, 9.17) is 13.6 Å². The first kappa shape index (κ1) is 14.3. The molecule has 0 fully saturated rings. The number of carbonyl (C=O) groups is 1. The van der Waals surface area contributed by atoms with Crippen LogP contribution in [0.25, 0.3) is 0 Å². The van der Waals surface area contributed by atoms with Crippen molar-refractivity contribution in [2.75, 3.05) is 20.8 Å². The Balaban J connectivity index is 4.17. The Morgan fingerprint density at radius 1 is 1.33 bits per heavy atom. The molecule has 0 amide bonds. The highest BCUT2D eigenvalue weighted by atomic mass is 28.4. The second kappa shape index (κ2) is 6.76. The third-order valence-electron chi connectivity index (χ3n) is 2.12. The van der Waals surface area contributed by atoms with Gasteiger partial charge in [0.1, 0.15) is 0 Å². The van der Waals surface area contributed by atoms with Gasteiger partial charge in [0.25, 0.3) is 0 Å². The van der Waals surface area contributed by atoms with Gasteiger partial charge < -0.3 is 13.6 Å². The second-order valence-corrected chi connectivity index (χ2v) is 6.90. The second-order valence-electron chi connectivity index (χ2n) is 3.46. The lowest BCUT2D eigenvalue weighted by Gasteiger charge is -2.22. The van der Waals surface area contributed by atoms with Crippen LogP contribution < -0.4 is 0 Å². The van der Waals surface area contributed by atoms with Crippen molar-refractivity contribution in [2.24, 2.45) is 0 Å². The van der Waals surface area contributed by atoms with Gasteiger partial charge in [0.05, 0.1) is 6.61 Å². The number of esters is 1. The van der Waals surface area contributed by atoms with Crippen molar-refractivity contribution in [1.82, 2.24) is 0 Å². The molecule has 5 heteroatoms. The van der Waals surface area contributed by atoms with Gasteiger partial charge in [-0.1, -0.05) is 13.5 Å². The summed E-state index contributed by atoms with van der Waals surface area (Å²) in [5, 5.41) is 0. The minimum atomic E-state index is -2.26. The molecule has 15 heavy (non-hydrogen) atoms. The maximum atomic E-state index is 11.4. The molecule has 0 radical (unpaired) electrons. The standard InChI is InChI=1S/C10H20O4Si/c1-6-7-14-10(11)9(2)8-15(5,12-3)13-4/h2,6-8H2,1,3-5H3. The highest BCUT2D eigenvalue weighted by Crippen LogP contribution is 2.17. The van der Waals surface area contributed by atoms with Crippen molar-refractivity contribution in [2.45, 2.75) is 25.9 Å². The van der Waals surface area contributed by atoms with Crippen LogP contribution in [0.3, 0.4) is 0 Å². The van der Waals surface area contributed by atoms with E-state index in [2.05, 4.69) is 6.58 Å². The third-order valence-corrected chi connectivity index (χ3v) is 4.92. The molecular formula is C10H20O4Si. The summed E-state index contributed by atoms with van der Waals surface area (Å²) in [6.45, 7) is 7.94. The Hall–Kier alpha value is -0.653. The number of hydrogen-bond donors (Lipinski definition) is 0. The molecule has 0 aromatic rings. The fraction of sp³-hybridized carbons (Fsp3) is 0.700. The molecule has 0 spiro atoms. The number of hydrogen-bond acceptors (Lipinski definition) is 4. The molecule has 0 heterocycles. The molecule has 88 valence electrons. The normalized spacial score (nSPS) is 11.2. The van der Waals surface area contributed by atoms with Gasteiger partial charge in [-0.05, 0) is 13.0 Å². The summed E-state index contributed by atoms with van der Waals surface area (Å²) in [6.07, 6.45) is 0.808. The minimum Gasteiger partial charge on any atom is -0.462 e. The van der Waals surface area contributed by atoms with Crippen molar-refractivity contribution in [3.63, 3.8) is 0 Å². The van der Waals surface area contributed by atoms with E-state index in [0.29, 0.717) is 18.2 Å². The van der Waals surface area contributed by atoms with Crippen molar-refractivity contribution in [3.8, 4) is 0 Å². The van der Waals surface area contributed by atoms with Gasteiger partial charge >= 0.3 is 14.5 Å². The van der Waals surface area contributed by atoms with Crippen LogP contribution in [0.1, 0.15) is 13.3 Å². The lowest BCUT2D eigenvalue weighted by atomic mass is 10.3. The average Bonchev–Trinajstić information content (AvgIpc) is 2.25. The maximum Gasteiger partial charge on any atom is 0.339 e. The van der Waals surface area contributed by atoms with Crippen molar-refractivity contribution in [3.05, 3.63) is 12.2 Å². The Morgan fingerprint density at radius 3 is 2.27 bits per heavy atom. The summed E-state index contributed by atoms with van der Waals surface area (Å²) in [5.74, 6) is -0.357. The van der Waals surface area contributed by atoms with Gasteiger partial charge in [0, 0.05) is 25.8 Å². The molecule has 0 saturated heterocycles. The largest absolute Gasteiger partial charge is 0.462 e. The molecule has 0 saturated carbocycles. The maximum absolute atomic E-state index is 11.4. The van der Waals surface area contributed by atoms with Crippen LogP contribution in [-0.4, -0.2) is 35.4 Å². The Labute approximate surface area is 92.5 Å². The van der Waals surface area contributed by atoms with Crippen LogP contribution in [0.5, 0.6) is 0 Å². The highest BCUT2D eigenvalue weighted by molar-refractivity contribution is 6.67. The van der Waals surface area contributed by atoms with Gasteiger partial charge in [-0.25, -0.2) is 4.79 Å². The fourth-order valence-electron chi connectivity index (χ4n) is 0.984. The average molecular weight is 232 g/mol. The van der Waals surface area contributed by atoms with E-state index in [1.807, 2.05) is 13.5 Å². The topological polar surface area (TPSA) is 44.8 Å². The van der Waals surface area contributed by atoms with Crippen molar-refractivity contribution < 1.29 is 18.4 Å². The van der Waals surface area contributed by atoms with E-state index in [1.165, 1.54) is 0 Å². The predicted molar refractivity (Wildman–Crippen MR) is 60.8 cm³/mol. The monoisotopic (exact) mass is 232 g/mol. The number of ether oxygens (including phenoxy) is 1. The van der Waals surface area contributed by atoms with Gasteiger partial charge in [-0.3, -0.25) is 0 Å². The van der Waals surface area contributed by atoms with E-state index in [1.54, 1.807) is 14.2 Å². The summed E-state index contributed by atoms with van der Waals surface area (Å²) < 4.78 is 15.5. The molecule has 0 unspecified atom stereocenters. The summed E-state index contributed by atoms with van der Waals surface area (Å²) in [5.41, 5.74) is 0.418. The fourth-order valence-corrected chi connectivity index (χ4v) is 2.36. The van der Waals surface area contributed by atoms with Crippen molar-refractivity contribution >= 4 is 14.5 Å². The Bertz CT molecular complexity index is 223. The lowest BCUT2D eigenvalue weighted by molar-refractivity contribution is -0.139. The molecule has 0 aliphatic heterocycles.